The highest BCUT2D eigenvalue weighted by Gasteiger charge is 2.04. The summed E-state index contributed by atoms with van der Waals surface area (Å²) in [7, 11) is 0. The monoisotopic (exact) mass is 288 g/mol. The highest BCUT2D eigenvalue weighted by atomic mass is 32.2. The lowest BCUT2D eigenvalue weighted by atomic mass is 10.0. The van der Waals surface area contributed by atoms with E-state index in [1.807, 2.05) is 30.3 Å². The molecule has 104 valence electrons. The number of aliphatic hydroxyl groups is 1. The highest BCUT2D eigenvalue weighted by Crippen LogP contribution is 2.22. The molecule has 0 aliphatic heterocycles. The first kappa shape index (κ1) is 14.6. The molecular weight excluding hydrogens is 272 g/mol. The fourth-order valence-corrected chi connectivity index (χ4v) is 2.58. The summed E-state index contributed by atoms with van der Waals surface area (Å²) in [6.45, 7) is 0.199. The summed E-state index contributed by atoms with van der Waals surface area (Å²) in [6.07, 6.45) is 0. The molecule has 0 radical (unpaired) electrons. The normalized spacial score (nSPS) is 10.4. The Morgan fingerprint density at radius 2 is 1.80 bits per heavy atom. The largest absolute Gasteiger partial charge is 0.478 e. The van der Waals surface area contributed by atoms with Gasteiger partial charge in [0.25, 0.3) is 0 Å². The molecule has 2 aromatic rings. The molecule has 2 aromatic carbocycles. The fraction of sp³-hybridized carbons (Fsp3) is 0.188. The van der Waals surface area contributed by atoms with E-state index in [1.165, 1.54) is 5.56 Å². The van der Waals surface area contributed by atoms with Crippen LogP contribution in [0.5, 0.6) is 0 Å². The molecule has 0 aliphatic rings. The summed E-state index contributed by atoms with van der Waals surface area (Å²) in [5.74, 6) is 0.696. The maximum Gasteiger partial charge on any atom is 0.335 e. The van der Waals surface area contributed by atoms with E-state index in [-0.39, 0.29) is 6.61 Å². The van der Waals surface area contributed by atoms with Gasteiger partial charge in [0.2, 0.25) is 0 Å². The number of hydrogen-bond donors (Lipinski definition) is 2. The molecule has 0 bridgehead atoms. The summed E-state index contributed by atoms with van der Waals surface area (Å²) < 4.78 is 0. The number of aliphatic hydroxyl groups excluding tert-OH is 1. The van der Waals surface area contributed by atoms with Gasteiger partial charge in [-0.3, -0.25) is 0 Å². The molecule has 0 amide bonds. The van der Waals surface area contributed by atoms with Crippen molar-refractivity contribution in [1.29, 1.82) is 0 Å². The van der Waals surface area contributed by atoms with E-state index in [4.69, 9.17) is 10.2 Å². The van der Waals surface area contributed by atoms with E-state index in [9.17, 15) is 4.79 Å². The first-order valence-electron chi connectivity index (χ1n) is 6.32. The van der Waals surface area contributed by atoms with Gasteiger partial charge >= 0.3 is 5.97 Å². The zero-order chi connectivity index (χ0) is 14.4. The maximum atomic E-state index is 11.0. The van der Waals surface area contributed by atoms with E-state index in [1.54, 1.807) is 30.0 Å². The van der Waals surface area contributed by atoms with E-state index in [0.29, 0.717) is 5.56 Å². The molecule has 0 aromatic heterocycles. The Bertz CT molecular complexity index is 579. The second-order valence-electron chi connectivity index (χ2n) is 4.36. The Hall–Kier alpha value is -1.78. The SMILES string of the molecule is O=C(O)c1cccc(-c2ccc(CSCCO)cc2)c1. The zero-order valence-corrected chi connectivity index (χ0v) is 11.8. The Morgan fingerprint density at radius 1 is 1.05 bits per heavy atom. The number of aromatic carboxylic acids is 1. The van der Waals surface area contributed by atoms with E-state index < -0.39 is 5.97 Å². The molecule has 2 N–H and O–H groups in total. The molecule has 0 saturated heterocycles. The van der Waals surface area contributed by atoms with Crippen molar-refractivity contribution in [2.24, 2.45) is 0 Å². The molecule has 2 rings (SSSR count). The Balaban J connectivity index is 2.13. The number of carbonyl (C=O) groups is 1. The molecule has 0 unspecified atom stereocenters. The van der Waals surface area contributed by atoms with Gasteiger partial charge < -0.3 is 10.2 Å². The summed E-state index contributed by atoms with van der Waals surface area (Å²) in [5.41, 5.74) is 3.40. The quantitative estimate of drug-likeness (QED) is 0.801. The molecule has 0 spiro atoms. The van der Waals surface area contributed by atoms with Crippen molar-refractivity contribution in [3.05, 3.63) is 59.7 Å². The minimum absolute atomic E-state index is 0.199. The third kappa shape index (κ3) is 3.85. The molecule has 0 atom stereocenters. The van der Waals surface area contributed by atoms with Crippen LogP contribution in [0.25, 0.3) is 11.1 Å². The van der Waals surface area contributed by atoms with Gasteiger partial charge in [0.05, 0.1) is 12.2 Å². The first-order chi connectivity index (χ1) is 9.70. The molecule has 0 saturated carbocycles. The lowest BCUT2D eigenvalue weighted by molar-refractivity contribution is 0.0697. The van der Waals surface area contributed by atoms with Crippen LogP contribution in [0.15, 0.2) is 48.5 Å². The molecule has 20 heavy (non-hydrogen) atoms. The predicted molar refractivity (Wildman–Crippen MR) is 82.1 cm³/mol. The van der Waals surface area contributed by atoms with Crippen LogP contribution in [-0.4, -0.2) is 28.5 Å². The second kappa shape index (κ2) is 7.12. The topological polar surface area (TPSA) is 57.5 Å². The van der Waals surface area contributed by atoms with Gasteiger partial charge in [-0.1, -0.05) is 36.4 Å². The third-order valence-corrected chi connectivity index (χ3v) is 3.91. The number of carboxylic acid groups (broad SMARTS) is 1. The Labute approximate surface area is 122 Å². The Morgan fingerprint density at radius 3 is 2.45 bits per heavy atom. The highest BCUT2D eigenvalue weighted by molar-refractivity contribution is 7.98. The number of benzene rings is 2. The van der Waals surface area contributed by atoms with Crippen LogP contribution in [0.4, 0.5) is 0 Å². The maximum absolute atomic E-state index is 11.0. The number of hydrogen-bond acceptors (Lipinski definition) is 3. The lowest BCUT2D eigenvalue weighted by Crippen LogP contribution is -1.95. The average Bonchev–Trinajstić information content (AvgIpc) is 2.48. The molecule has 0 aliphatic carbocycles. The van der Waals surface area contributed by atoms with Gasteiger partial charge in [-0.15, -0.1) is 0 Å². The molecular formula is C16H16O3S. The molecule has 0 fully saturated rings. The van der Waals surface area contributed by atoms with Gasteiger partial charge in [0, 0.05) is 11.5 Å². The smallest absolute Gasteiger partial charge is 0.335 e. The van der Waals surface area contributed by atoms with Crippen LogP contribution in [0, 0.1) is 0 Å². The van der Waals surface area contributed by atoms with Crippen molar-refractivity contribution >= 4 is 17.7 Å². The second-order valence-corrected chi connectivity index (χ2v) is 5.46. The predicted octanol–water partition coefficient (Wildman–Crippen LogP) is 3.28. The minimum Gasteiger partial charge on any atom is -0.478 e. The van der Waals surface area contributed by atoms with Crippen LogP contribution in [0.2, 0.25) is 0 Å². The molecule has 4 heteroatoms. The van der Waals surface area contributed by atoms with Crippen LogP contribution in [0.3, 0.4) is 0 Å². The van der Waals surface area contributed by atoms with Gasteiger partial charge in [0.1, 0.15) is 0 Å². The number of thioether (sulfide) groups is 1. The third-order valence-electron chi connectivity index (χ3n) is 2.90. The lowest BCUT2D eigenvalue weighted by Gasteiger charge is -2.05. The van der Waals surface area contributed by atoms with Crippen LogP contribution in [-0.2, 0) is 5.75 Å². The van der Waals surface area contributed by atoms with Gasteiger partial charge in [0.15, 0.2) is 0 Å². The van der Waals surface area contributed by atoms with Crippen molar-refractivity contribution in [1.82, 2.24) is 0 Å². The summed E-state index contributed by atoms with van der Waals surface area (Å²) >= 11 is 1.69. The standard InChI is InChI=1S/C16H16O3S/c17-8-9-20-11-12-4-6-13(7-5-12)14-2-1-3-15(10-14)16(18)19/h1-7,10,17H,8-9,11H2,(H,18,19). The van der Waals surface area contributed by atoms with Gasteiger partial charge in [-0.2, -0.15) is 11.8 Å². The van der Waals surface area contributed by atoms with Gasteiger partial charge in [-0.25, -0.2) is 4.79 Å². The van der Waals surface area contributed by atoms with Gasteiger partial charge in [-0.05, 0) is 28.8 Å². The van der Waals surface area contributed by atoms with Crippen molar-refractivity contribution < 1.29 is 15.0 Å². The average molecular weight is 288 g/mol. The van der Waals surface area contributed by atoms with Crippen LogP contribution < -0.4 is 0 Å². The van der Waals surface area contributed by atoms with Crippen molar-refractivity contribution in [2.45, 2.75) is 5.75 Å². The zero-order valence-electron chi connectivity index (χ0n) is 11.0. The number of rotatable bonds is 6. The number of carboxylic acids is 1. The van der Waals surface area contributed by atoms with E-state index in [2.05, 4.69) is 0 Å². The van der Waals surface area contributed by atoms with Crippen molar-refractivity contribution in [3.8, 4) is 11.1 Å². The summed E-state index contributed by atoms with van der Waals surface area (Å²) in [6, 6.07) is 15.0. The fourth-order valence-electron chi connectivity index (χ4n) is 1.88. The Kier molecular flexibility index (Phi) is 5.21. The van der Waals surface area contributed by atoms with Crippen LogP contribution >= 0.6 is 11.8 Å². The van der Waals surface area contributed by atoms with Crippen LogP contribution in [0.1, 0.15) is 15.9 Å². The first-order valence-corrected chi connectivity index (χ1v) is 7.47. The van der Waals surface area contributed by atoms with E-state index in [0.717, 1.165) is 22.6 Å². The molecule has 0 heterocycles. The molecule has 3 nitrogen and oxygen atoms in total. The summed E-state index contributed by atoms with van der Waals surface area (Å²) in [4.78, 5) is 11.0. The van der Waals surface area contributed by atoms with E-state index >= 15 is 0 Å². The van der Waals surface area contributed by atoms with Crippen molar-refractivity contribution in [2.75, 3.05) is 12.4 Å². The minimum atomic E-state index is -0.913. The van der Waals surface area contributed by atoms with Crippen molar-refractivity contribution in [3.63, 3.8) is 0 Å². The summed E-state index contributed by atoms with van der Waals surface area (Å²) in [5, 5.41) is 17.7.